The molecule has 168 valence electrons. The molecule has 0 N–H and O–H groups in total. The summed E-state index contributed by atoms with van der Waals surface area (Å²) in [5.41, 5.74) is 0. The number of ether oxygens (including phenoxy) is 4. The highest BCUT2D eigenvalue weighted by Gasteiger charge is 2.43. The Morgan fingerprint density at radius 3 is 1.86 bits per heavy atom. The van der Waals surface area contributed by atoms with Gasteiger partial charge in [-0.1, -0.05) is 40.9 Å². The molecule has 0 aromatic carbocycles. The number of carbonyl (C=O) groups is 2. The summed E-state index contributed by atoms with van der Waals surface area (Å²) in [7, 11) is -4.11. The molecule has 29 heavy (non-hydrogen) atoms. The van der Waals surface area contributed by atoms with Crippen LogP contribution in [0.4, 0.5) is 0 Å². The van der Waals surface area contributed by atoms with Crippen molar-refractivity contribution in [2.75, 3.05) is 13.2 Å². The highest BCUT2D eigenvalue weighted by molar-refractivity contribution is 7.54. The van der Waals surface area contributed by atoms with Gasteiger partial charge in [0.15, 0.2) is 0 Å². The molecule has 0 aromatic heterocycles. The molecule has 0 rings (SSSR count). The Morgan fingerprint density at radius 2 is 1.41 bits per heavy atom. The van der Waals surface area contributed by atoms with Gasteiger partial charge in [0.2, 0.25) is 12.6 Å². The van der Waals surface area contributed by atoms with Crippen molar-refractivity contribution < 1.29 is 42.1 Å². The maximum atomic E-state index is 13.6. The van der Waals surface area contributed by atoms with Gasteiger partial charge in [0.25, 0.3) is 6.03 Å². The summed E-state index contributed by atoms with van der Waals surface area (Å²) in [6.07, 6.45) is 1.30. The number of esters is 2. The molecule has 4 unspecified atom stereocenters. The molecule has 0 radical (unpaired) electrons. The Labute approximate surface area is 172 Å². The van der Waals surface area contributed by atoms with E-state index in [0.29, 0.717) is 12.8 Å². The van der Waals surface area contributed by atoms with E-state index in [2.05, 4.69) is 13.2 Å². The number of hydrogen-bond donors (Lipinski definition) is 0. The van der Waals surface area contributed by atoms with Crippen LogP contribution in [0, 0.1) is 0 Å². The van der Waals surface area contributed by atoms with Crippen molar-refractivity contribution in [1.82, 2.24) is 0 Å². The third-order valence-corrected chi connectivity index (χ3v) is 5.08. The van der Waals surface area contributed by atoms with Gasteiger partial charge in [0, 0.05) is 25.0 Å². The smallest absolute Gasteiger partial charge is 0.389 e. The van der Waals surface area contributed by atoms with E-state index < -0.39 is 38.1 Å². The molecular formula is C19H33O9P. The SMILES string of the molecule is C=CC(=O)OC(CC)OC(OCCC)P(=O)(OCCC)OC(CC)OC(=O)C=C. The van der Waals surface area contributed by atoms with Crippen molar-refractivity contribution in [2.24, 2.45) is 0 Å². The summed E-state index contributed by atoms with van der Waals surface area (Å²) in [4.78, 5) is 23.0. The lowest BCUT2D eigenvalue weighted by atomic mass is 10.5. The number of carbonyl (C=O) groups excluding carboxylic acids is 2. The summed E-state index contributed by atoms with van der Waals surface area (Å²) >= 11 is 0. The maximum absolute atomic E-state index is 13.6. The third kappa shape index (κ3) is 10.7. The highest BCUT2D eigenvalue weighted by Crippen LogP contribution is 2.56. The molecule has 0 fully saturated rings. The first kappa shape index (κ1) is 27.5. The zero-order chi connectivity index (χ0) is 22.3. The molecule has 0 aliphatic heterocycles. The Balaban J connectivity index is 5.67. The van der Waals surface area contributed by atoms with E-state index in [1.165, 1.54) is 0 Å². The van der Waals surface area contributed by atoms with Crippen LogP contribution in [0.1, 0.15) is 53.4 Å². The van der Waals surface area contributed by atoms with Crippen molar-refractivity contribution in [3.8, 4) is 0 Å². The quantitative estimate of drug-likeness (QED) is 0.143. The third-order valence-electron chi connectivity index (χ3n) is 3.23. The summed E-state index contributed by atoms with van der Waals surface area (Å²) in [6.45, 7) is 14.0. The maximum Gasteiger partial charge on any atom is 0.389 e. The van der Waals surface area contributed by atoms with E-state index in [-0.39, 0.29) is 26.1 Å². The van der Waals surface area contributed by atoms with E-state index in [1.807, 2.05) is 13.8 Å². The molecule has 0 aromatic rings. The molecule has 0 bridgehead atoms. The summed E-state index contributed by atoms with van der Waals surface area (Å²) < 4.78 is 45.9. The normalized spacial score (nSPS) is 16.1. The van der Waals surface area contributed by atoms with Crippen LogP contribution in [-0.2, 0) is 42.1 Å². The summed E-state index contributed by atoms with van der Waals surface area (Å²) in [6, 6.07) is -1.49. The van der Waals surface area contributed by atoms with Gasteiger partial charge >= 0.3 is 19.5 Å². The average Bonchev–Trinajstić information content (AvgIpc) is 2.73. The zero-order valence-corrected chi connectivity index (χ0v) is 18.6. The van der Waals surface area contributed by atoms with Crippen LogP contribution in [0.5, 0.6) is 0 Å². The lowest BCUT2D eigenvalue weighted by Gasteiger charge is -2.31. The van der Waals surface area contributed by atoms with Gasteiger partial charge in [-0.05, 0) is 12.8 Å². The van der Waals surface area contributed by atoms with Gasteiger partial charge in [-0.2, -0.15) is 0 Å². The standard InChI is InChI=1S/C19H33O9P/c1-7-13-23-19(27-17(11-5)25-15(20)9-3)29(22,24-14-8-2)28-18(12-6)26-16(21)10-4/h9-10,17-19H,3-4,7-8,11-14H2,1-2,5-6H3. The minimum atomic E-state index is -4.11. The predicted molar refractivity (Wildman–Crippen MR) is 107 cm³/mol. The van der Waals surface area contributed by atoms with Crippen molar-refractivity contribution >= 4 is 19.5 Å². The van der Waals surface area contributed by atoms with E-state index >= 15 is 0 Å². The van der Waals surface area contributed by atoms with Crippen LogP contribution in [0.3, 0.4) is 0 Å². The second kappa shape index (κ2) is 15.3. The lowest BCUT2D eigenvalue weighted by Crippen LogP contribution is -2.31. The monoisotopic (exact) mass is 436 g/mol. The Kier molecular flexibility index (Phi) is 14.5. The molecule has 0 heterocycles. The van der Waals surface area contributed by atoms with Crippen LogP contribution >= 0.6 is 7.60 Å². The first-order valence-corrected chi connectivity index (χ1v) is 11.3. The van der Waals surface area contributed by atoms with Gasteiger partial charge in [0.1, 0.15) is 0 Å². The molecule has 0 aliphatic carbocycles. The Hall–Kier alpha value is -1.51. The Bertz CT molecular complexity index is 564. The van der Waals surface area contributed by atoms with Crippen LogP contribution in [0.25, 0.3) is 0 Å². The fourth-order valence-corrected chi connectivity index (χ4v) is 3.63. The van der Waals surface area contributed by atoms with E-state index in [9.17, 15) is 14.2 Å². The van der Waals surface area contributed by atoms with E-state index in [0.717, 1.165) is 12.2 Å². The van der Waals surface area contributed by atoms with E-state index in [4.69, 9.17) is 28.0 Å². The average molecular weight is 436 g/mol. The fourth-order valence-electron chi connectivity index (χ4n) is 1.82. The second-order valence-electron chi connectivity index (χ2n) is 5.75. The van der Waals surface area contributed by atoms with Crippen LogP contribution in [0.2, 0.25) is 0 Å². The molecule has 0 amide bonds. The first-order chi connectivity index (χ1) is 13.8. The molecule has 0 aliphatic rings. The Morgan fingerprint density at radius 1 is 0.897 bits per heavy atom. The molecular weight excluding hydrogens is 403 g/mol. The minimum Gasteiger partial charge on any atom is -0.433 e. The largest absolute Gasteiger partial charge is 0.433 e. The van der Waals surface area contributed by atoms with Crippen LogP contribution in [-0.4, -0.2) is 43.8 Å². The van der Waals surface area contributed by atoms with Crippen LogP contribution in [0.15, 0.2) is 25.3 Å². The van der Waals surface area contributed by atoms with Gasteiger partial charge < -0.3 is 23.5 Å². The predicted octanol–water partition coefficient (Wildman–Crippen LogP) is 4.28. The molecule has 4 atom stereocenters. The number of hydrogen-bond acceptors (Lipinski definition) is 9. The molecule has 9 nitrogen and oxygen atoms in total. The number of rotatable bonds is 17. The van der Waals surface area contributed by atoms with Crippen LogP contribution < -0.4 is 0 Å². The summed E-state index contributed by atoms with van der Waals surface area (Å²) in [5, 5.41) is 0. The zero-order valence-electron chi connectivity index (χ0n) is 17.7. The molecule has 10 heteroatoms. The van der Waals surface area contributed by atoms with Crippen molar-refractivity contribution in [3.63, 3.8) is 0 Å². The summed E-state index contributed by atoms with van der Waals surface area (Å²) in [5.74, 6) is -1.44. The van der Waals surface area contributed by atoms with Gasteiger partial charge in [0.05, 0.1) is 13.2 Å². The molecule has 0 saturated heterocycles. The second-order valence-corrected chi connectivity index (χ2v) is 7.72. The molecule has 0 spiro atoms. The van der Waals surface area contributed by atoms with Crippen molar-refractivity contribution in [1.29, 1.82) is 0 Å². The van der Waals surface area contributed by atoms with Gasteiger partial charge in [-0.25, -0.2) is 9.59 Å². The minimum absolute atomic E-state index is 0.0850. The van der Waals surface area contributed by atoms with Crippen molar-refractivity contribution in [2.45, 2.75) is 72.0 Å². The molecule has 0 saturated carbocycles. The van der Waals surface area contributed by atoms with E-state index in [1.54, 1.807) is 13.8 Å². The fraction of sp³-hybridized carbons (Fsp3) is 0.684. The van der Waals surface area contributed by atoms with Crippen molar-refractivity contribution in [3.05, 3.63) is 25.3 Å². The lowest BCUT2D eigenvalue weighted by molar-refractivity contribution is -0.221. The highest BCUT2D eigenvalue weighted by atomic mass is 31.2. The first-order valence-electron chi connectivity index (χ1n) is 9.65. The van der Waals surface area contributed by atoms with Gasteiger partial charge in [-0.15, -0.1) is 0 Å². The topological polar surface area (TPSA) is 107 Å². The van der Waals surface area contributed by atoms with Gasteiger partial charge in [-0.3, -0.25) is 9.09 Å².